The minimum Gasteiger partial charge on any atom is -0.497 e. The van der Waals surface area contributed by atoms with Crippen molar-refractivity contribution in [3.63, 3.8) is 0 Å². The molecule has 130 valence electrons. The zero-order chi connectivity index (χ0) is 18.0. The molecule has 1 aliphatic rings. The number of carbonyl (C=O) groups excluding carboxylic acids is 2. The summed E-state index contributed by atoms with van der Waals surface area (Å²) < 4.78 is 29.6. The minimum atomic E-state index is -3.96. The van der Waals surface area contributed by atoms with Gasteiger partial charge >= 0.3 is 0 Å². The van der Waals surface area contributed by atoms with E-state index in [1.54, 1.807) is 12.1 Å². The van der Waals surface area contributed by atoms with E-state index in [-0.39, 0.29) is 22.8 Å². The van der Waals surface area contributed by atoms with Gasteiger partial charge in [0.05, 0.1) is 18.4 Å². The van der Waals surface area contributed by atoms with Crippen molar-refractivity contribution in [3.05, 3.63) is 53.6 Å². The minimum absolute atomic E-state index is 0.0437. The van der Waals surface area contributed by atoms with Crippen molar-refractivity contribution in [1.29, 1.82) is 0 Å². The zero-order valence-electron chi connectivity index (χ0n) is 13.2. The molecular weight excluding hydrogens is 346 g/mol. The van der Waals surface area contributed by atoms with Crippen molar-refractivity contribution in [2.75, 3.05) is 12.4 Å². The Bertz CT molecular complexity index is 939. The molecule has 9 heteroatoms. The number of anilines is 1. The van der Waals surface area contributed by atoms with E-state index in [2.05, 4.69) is 10.7 Å². The van der Waals surface area contributed by atoms with Crippen molar-refractivity contribution in [3.8, 4) is 5.75 Å². The van der Waals surface area contributed by atoms with Crippen molar-refractivity contribution >= 4 is 27.5 Å². The molecule has 2 aromatic carbocycles. The first-order chi connectivity index (χ1) is 11.9. The van der Waals surface area contributed by atoms with Gasteiger partial charge in [0.15, 0.2) is 0 Å². The zero-order valence-corrected chi connectivity index (χ0v) is 14.0. The Morgan fingerprint density at radius 2 is 1.88 bits per heavy atom. The van der Waals surface area contributed by atoms with Crippen LogP contribution in [0, 0.1) is 0 Å². The molecule has 3 rings (SSSR count). The van der Waals surface area contributed by atoms with E-state index in [0.29, 0.717) is 17.0 Å². The number of benzene rings is 2. The topological polar surface area (TPSA) is 114 Å². The number of hydrogen-bond acceptors (Lipinski definition) is 5. The van der Waals surface area contributed by atoms with Crippen LogP contribution >= 0.6 is 0 Å². The van der Waals surface area contributed by atoms with Crippen LogP contribution in [0.25, 0.3) is 0 Å². The Morgan fingerprint density at radius 1 is 1.16 bits per heavy atom. The third-order valence-electron chi connectivity index (χ3n) is 3.66. The summed E-state index contributed by atoms with van der Waals surface area (Å²) in [5.41, 5.74) is 3.60. The quantitative estimate of drug-likeness (QED) is 0.682. The van der Waals surface area contributed by atoms with Crippen LogP contribution < -0.4 is 20.3 Å². The molecular formula is C16H15N3O5S. The molecule has 0 aliphatic carbocycles. The monoisotopic (exact) mass is 361 g/mol. The summed E-state index contributed by atoms with van der Waals surface area (Å²) in [6.07, 6.45) is 0.122. The van der Waals surface area contributed by atoms with Gasteiger partial charge in [-0.2, -0.15) is 0 Å². The molecule has 1 heterocycles. The smallest absolute Gasteiger partial charge is 0.266 e. The van der Waals surface area contributed by atoms with Gasteiger partial charge in [-0.15, -0.1) is 4.83 Å². The standard InChI is InChI=1S/C16H15N3O5S/c1-24-12-4-2-10(3-5-12)16(21)18-19-25(22,23)13-6-7-14-11(8-13)9-15(20)17-14/h2-8,19H,9H2,1H3,(H,17,20)(H,18,21). The van der Waals surface area contributed by atoms with Gasteiger partial charge in [-0.25, -0.2) is 8.42 Å². The van der Waals surface area contributed by atoms with Crippen molar-refractivity contribution < 1.29 is 22.7 Å². The average Bonchev–Trinajstić information content (AvgIpc) is 2.99. The molecule has 3 N–H and O–H groups in total. The first kappa shape index (κ1) is 16.9. The SMILES string of the molecule is COc1ccc(C(=O)NNS(=O)(=O)c2ccc3c(c2)CC(=O)N3)cc1. The van der Waals surface area contributed by atoms with Gasteiger partial charge < -0.3 is 10.1 Å². The molecule has 0 atom stereocenters. The van der Waals surface area contributed by atoms with E-state index in [0.717, 1.165) is 0 Å². The van der Waals surface area contributed by atoms with Crippen LogP contribution in [-0.2, 0) is 21.2 Å². The second kappa shape index (κ2) is 6.54. The lowest BCUT2D eigenvalue weighted by atomic mass is 10.2. The Morgan fingerprint density at radius 3 is 2.56 bits per heavy atom. The summed E-state index contributed by atoms with van der Waals surface area (Å²) in [6, 6.07) is 10.5. The number of ether oxygens (including phenoxy) is 1. The number of fused-ring (bicyclic) bond motifs is 1. The molecule has 0 spiro atoms. The number of carbonyl (C=O) groups is 2. The number of sulfonamides is 1. The summed E-state index contributed by atoms with van der Waals surface area (Å²) in [7, 11) is -2.46. The van der Waals surface area contributed by atoms with Gasteiger partial charge in [0, 0.05) is 11.3 Å². The number of amides is 2. The lowest BCUT2D eigenvalue weighted by Crippen LogP contribution is -2.41. The summed E-state index contributed by atoms with van der Waals surface area (Å²) in [4.78, 5) is 25.4. The van der Waals surface area contributed by atoms with Crippen LogP contribution in [-0.4, -0.2) is 27.3 Å². The van der Waals surface area contributed by atoms with E-state index >= 15 is 0 Å². The van der Waals surface area contributed by atoms with Crippen LogP contribution in [0.2, 0.25) is 0 Å². The maximum absolute atomic E-state index is 12.3. The second-order valence-electron chi connectivity index (χ2n) is 5.33. The van der Waals surface area contributed by atoms with Crippen LogP contribution in [0.3, 0.4) is 0 Å². The second-order valence-corrected chi connectivity index (χ2v) is 7.01. The fraction of sp³-hybridized carbons (Fsp3) is 0.125. The molecule has 0 saturated carbocycles. The normalized spacial score (nSPS) is 13.1. The summed E-state index contributed by atoms with van der Waals surface area (Å²) >= 11 is 0. The molecule has 0 bridgehead atoms. The van der Waals surface area contributed by atoms with Gasteiger partial charge in [-0.3, -0.25) is 15.0 Å². The largest absolute Gasteiger partial charge is 0.497 e. The van der Waals surface area contributed by atoms with E-state index in [9.17, 15) is 18.0 Å². The maximum Gasteiger partial charge on any atom is 0.266 e. The summed E-state index contributed by atoms with van der Waals surface area (Å²) in [6.45, 7) is 0. The molecule has 2 aromatic rings. The number of methoxy groups -OCH3 is 1. The van der Waals surface area contributed by atoms with E-state index in [1.165, 1.54) is 37.4 Å². The van der Waals surface area contributed by atoms with Crippen LogP contribution in [0.1, 0.15) is 15.9 Å². The molecule has 25 heavy (non-hydrogen) atoms. The van der Waals surface area contributed by atoms with Crippen molar-refractivity contribution in [2.45, 2.75) is 11.3 Å². The summed E-state index contributed by atoms with van der Waals surface area (Å²) in [5.74, 6) is -0.215. The van der Waals surface area contributed by atoms with Gasteiger partial charge in [0.2, 0.25) is 5.91 Å². The number of rotatable bonds is 5. The van der Waals surface area contributed by atoms with E-state index in [4.69, 9.17) is 4.74 Å². The van der Waals surface area contributed by atoms with Crippen molar-refractivity contribution in [2.24, 2.45) is 0 Å². The Balaban J connectivity index is 1.70. The number of nitrogens with one attached hydrogen (secondary N) is 3. The van der Waals surface area contributed by atoms with Gasteiger partial charge in [-0.1, -0.05) is 0 Å². The van der Waals surface area contributed by atoms with Gasteiger partial charge in [0.1, 0.15) is 5.75 Å². The molecule has 2 amide bonds. The van der Waals surface area contributed by atoms with Crippen LogP contribution in [0.4, 0.5) is 5.69 Å². The third-order valence-corrected chi connectivity index (χ3v) is 4.91. The Labute approximate surface area is 144 Å². The lowest BCUT2D eigenvalue weighted by molar-refractivity contribution is -0.115. The summed E-state index contributed by atoms with van der Waals surface area (Å²) in [5, 5.41) is 2.62. The number of hydrazine groups is 1. The third kappa shape index (κ3) is 3.62. The lowest BCUT2D eigenvalue weighted by Gasteiger charge is -2.10. The predicted molar refractivity (Wildman–Crippen MR) is 89.6 cm³/mol. The van der Waals surface area contributed by atoms with E-state index in [1.807, 2.05) is 4.83 Å². The molecule has 0 aromatic heterocycles. The Hall–Kier alpha value is -2.91. The average molecular weight is 361 g/mol. The highest BCUT2D eigenvalue weighted by Gasteiger charge is 2.22. The molecule has 1 aliphatic heterocycles. The molecule has 0 saturated heterocycles. The highest BCUT2D eigenvalue weighted by atomic mass is 32.2. The molecule has 0 unspecified atom stereocenters. The fourth-order valence-electron chi connectivity index (χ4n) is 2.36. The molecule has 0 fully saturated rings. The molecule has 8 nitrogen and oxygen atoms in total. The maximum atomic E-state index is 12.3. The van der Waals surface area contributed by atoms with Crippen LogP contribution in [0.15, 0.2) is 47.4 Å². The fourth-order valence-corrected chi connectivity index (χ4v) is 3.25. The highest BCUT2D eigenvalue weighted by molar-refractivity contribution is 7.89. The Kier molecular flexibility index (Phi) is 4.43. The highest BCUT2D eigenvalue weighted by Crippen LogP contribution is 2.25. The van der Waals surface area contributed by atoms with Gasteiger partial charge in [0.25, 0.3) is 15.9 Å². The first-order valence-corrected chi connectivity index (χ1v) is 8.76. The van der Waals surface area contributed by atoms with Gasteiger partial charge in [-0.05, 0) is 48.0 Å². The predicted octanol–water partition coefficient (Wildman–Crippen LogP) is 0.813. The first-order valence-electron chi connectivity index (χ1n) is 7.28. The van der Waals surface area contributed by atoms with Crippen molar-refractivity contribution in [1.82, 2.24) is 10.3 Å². The van der Waals surface area contributed by atoms with Crippen LogP contribution in [0.5, 0.6) is 5.75 Å². The van der Waals surface area contributed by atoms with E-state index < -0.39 is 15.9 Å². The molecule has 0 radical (unpaired) electrons. The number of hydrogen-bond donors (Lipinski definition) is 3.